The predicted octanol–water partition coefficient (Wildman–Crippen LogP) is 3.18. The summed E-state index contributed by atoms with van der Waals surface area (Å²) >= 11 is 0. The summed E-state index contributed by atoms with van der Waals surface area (Å²) in [6.07, 6.45) is 1.90. The fourth-order valence-electron chi connectivity index (χ4n) is 3.59. The number of carbonyl (C=O) groups excluding carboxylic acids is 1. The lowest BCUT2D eigenvalue weighted by molar-refractivity contribution is 0.0947. The topological polar surface area (TPSA) is 116 Å². The second-order valence-corrected chi connectivity index (χ2v) is 9.20. The van der Waals surface area contributed by atoms with Gasteiger partial charge in [0.25, 0.3) is 5.91 Å². The van der Waals surface area contributed by atoms with E-state index in [2.05, 4.69) is 5.32 Å². The maximum absolute atomic E-state index is 13.0. The van der Waals surface area contributed by atoms with Crippen molar-refractivity contribution < 1.29 is 17.9 Å². The zero-order valence-corrected chi connectivity index (χ0v) is 19.3. The molecule has 0 saturated heterocycles. The molecule has 0 unspecified atom stereocenters. The molecule has 0 atom stereocenters. The monoisotopic (exact) mass is 476 g/mol. The quantitative estimate of drug-likeness (QED) is 0.405. The van der Waals surface area contributed by atoms with E-state index >= 15 is 0 Å². The number of hydrogen-bond acceptors (Lipinski definition) is 5. The number of carbonyl (C=O) groups is 1. The summed E-state index contributed by atoms with van der Waals surface area (Å²) in [5.41, 5.74) is 3.67. The van der Waals surface area contributed by atoms with E-state index in [9.17, 15) is 13.2 Å². The fraction of sp³-hybridized carbons (Fsp3) is 0.120. The molecule has 9 heteroatoms. The van der Waals surface area contributed by atoms with Crippen molar-refractivity contribution in [2.24, 2.45) is 5.14 Å². The molecule has 0 spiro atoms. The lowest BCUT2D eigenvalue weighted by atomic mass is 10.1. The summed E-state index contributed by atoms with van der Waals surface area (Å²) in [7, 11) is -2.56. The molecule has 0 aliphatic rings. The molecule has 1 amide bonds. The first-order valence-electron chi connectivity index (χ1n) is 10.5. The van der Waals surface area contributed by atoms with Crippen LogP contribution in [0.4, 0.5) is 0 Å². The molecular weight excluding hydrogens is 452 g/mol. The third kappa shape index (κ3) is 5.33. The van der Waals surface area contributed by atoms with Crippen molar-refractivity contribution in [3.63, 3.8) is 0 Å². The van der Waals surface area contributed by atoms with Crippen LogP contribution in [0, 0.1) is 0 Å². The van der Waals surface area contributed by atoms with Gasteiger partial charge in [-0.1, -0.05) is 60.7 Å². The van der Waals surface area contributed by atoms with Crippen LogP contribution in [0.5, 0.6) is 5.75 Å². The van der Waals surface area contributed by atoms with Crippen molar-refractivity contribution in [1.82, 2.24) is 15.1 Å². The van der Waals surface area contributed by atoms with Gasteiger partial charge in [-0.15, -0.1) is 0 Å². The molecular formula is C25H24N4O4S. The number of aromatic nitrogens is 2. The number of benzene rings is 3. The van der Waals surface area contributed by atoms with Gasteiger partial charge in [-0.05, 0) is 23.8 Å². The Morgan fingerprint density at radius 3 is 2.35 bits per heavy atom. The van der Waals surface area contributed by atoms with E-state index in [4.69, 9.17) is 15.0 Å². The summed E-state index contributed by atoms with van der Waals surface area (Å²) in [5, 5.41) is 12.8. The van der Waals surface area contributed by atoms with Crippen molar-refractivity contribution in [3.05, 3.63) is 102 Å². The minimum Gasteiger partial charge on any atom is -0.496 e. The Hall–Kier alpha value is -3.95. The van der Waals surface area contributed by atoms with Gasteiger partial charge in [0.05, 0.1) is 29.8 Å². The van der Waals surface area contributed by atoms with Crippen LogP contribution >= 0.6 is 0 Å². The Labute approximate surface area is 198 Å². The van der Waals surface area contributed by atoms with Gasteiger partial charge in [0, 0.05) is 23.9 Å². The Morgan fingerprint density at radius 1 is 1.03 bits per heavy atom. The van der Waals surface area contributed by atoms with Gasteiger partial charge in [0.1, 0.15) is 5.75 Å². The normalized spacial score (nSPS) is 11.2. The molecule has 0 saturated carbocycles. The van der Waals surface area contributed by atoms with Crippen molar-refractivity contribution in [2.45, 2.75) is 18.0 Å². The van der Waals surface area contributed by atoms with Crippen LogP contribution in [0.2, 0.25) is 0 Å². The molecule has 3 aromatic carbocycles. The average Bonchev–Trinajstić information content (AvgIpc) is 3.25. The van der Waals surface area contributed by atoms with Crippen LogP contribution in [0.1, 0.15) is 21.5 Å². The molecule has 0 aliphatic carbocycles. The Kier molecular flexibility index (Phi) is 6.76. The minimum absolute atomic E-state index is 0.0759. The highest BCUT2D eigenvalue weighted by Crippen LogP contribution is 2.24. The second-order valence-electron chi connectivity index (χ2n) is 7.64. The van der Waals surface area contributed by atoms with E-state index in [1.54, 1.807) is 0 Å². The number of primary sulfonamides is 1. The number of nitrogens with two attached hydrogens (primary N) is 1. The molecule has 0 fully saturated rings. The van der Waals surface area contributed by atoms with Crippen LogP contribution in [-0.4, -0.2) is 31.2 Å². The molecule has 0 bridgehead atoms. The summed E-state index contributed by atoms with van der Waals surface area (Å²) in [5.74, 6) is -0.245. The second kappa shape index (κ2) is 9.90. The minimum atomic E-state index is -3.97. The van der Waals surface area contributed by atoms with Gasteiger partial charge in [-0.2, -0.15) is 5.10 Å². The van der Waals surface area contributed by atoms with Crippen LogP contribution < -0.4 is 15.2 Å². The Bertz CT molecular complexity index is 1400. The standard InChI is InChI=1S/C25H24N4O4S/c1-33-23-13-12-21(34(26,31)32)14-22(23)25(30)27-15-20-17-29(16-18-8-4-2-5-9-18)28-24(20)19-10-6-3-7-11-19/h2-14,17H,15-16H2,1H3,(H,27,30)(H2,26,31,32). The fourth-order valence-corrected chi connectivity index (χ4v) is 4.13. The van der Waals surface area contributed by atoms with Crippen LogP contribution in [0.25, 0.3) is 11.3 Å². The van der Waals surface area contributed by atoms with Gasteiger partial charge in [-0.25, -0.2) is 13.6 Å². The van der Waals surface area contributed by atoms with Crippen molar-refractivity contribution in [3.8, 4) is 17.0 Å². The largest absolute Gasteiger partial charge is 0.496 e. The molecule has 0 aliphatic heterocycles. The number of sulfonamides is 1. The van der Waals surface area contributed by atoms with Gasteiger partial charge in [-0.3, -0.25) is 9.48 Å². The first-order valence-corrected chi connectivity index (χ1v) is 12.0. The highest BCUT2D eigenvalue weighted by molar-refractivity contribution is 7.89. The summed E-state index contributed by atoms with van der Waals surface area (Å²) in [6.45, 7) is 0.763. The summed E-state index contributed by atoms with van der Waals surface area (Å²) in [6, 6.07) is 23.6. The number of ether oxygens (including phenoxy) is 1. The maximum Gasteiger partial charge on any atom is 0.255 e. The van der Waals surface area contributed by atoms with E-state index in [1.807, 2.05) is 71.5 Å². The molecule has 174 valence electrons. The molecule has 0 radical (unpaired) electrons. The highest BCUT2D eigenvalue weighted by Gasteiger charge is 2.19. The number of methoxy groups -OCH3 is 1. The van der Waals surface area contributed by atoms with E-state index in [0.717, 1.165) is 22.4 Å². The number of rotatable bonds is 8. The van der Waals surface area contributed by atoms with E-state index < -0.39 is 15.9 Å². The lowest BCUT2D eigenvalue weighted by Crippen LogP contribution is -2.24. The van der Waals surface area contributed by atoms with Crippen molar-refractivity contribution in [1.29, 1.82) is 0 Å². The number of nitrogens with zero attached hydrogens (tertiary/aromatic N) is 2. The third-order valence-corrected chi connectivity index (χ3v) is 6.17. The molecule has 34 heavy (non-hydrogen) atoms. The van der Waals surface area contributed by atoms with Crippen molar-refractivity contribution in [2.75, 3.05) is 7.11 Å². The Balaban J connectivity index is 1.61. The van der Waals surface area contributed by atoms with Gasteiger partial charge in [0.2, 0.25) is 10.0 Å². The SMILES string of the molecule is COc1ccc(S(N)(=O)=O)cc1C(=O)NCc1cn(Cc2ccccc2)nc1-c1ccccc1. The van der Waals surface area contributed by atoms with Gasteiger partial charge >= 0.3 is 0 Å². The van der Waals surface area contributed by atoms with Crippen LogP contribution in [0.15, 0.2) is 90.0 Å². The molecule has 1 aromatic heterocycles. The summed E-state index contributed by atoms with van der Waals surface area (Å²) in [4.78, 5) is 12.8. The maximum atomic E-state index is 13.0. The van der Waals surface area contributed by atoms with Crippen LogP contribution in [0.3, 0.4) is 0 Å². The van der Waals surface area contributed by atoms with E-state index in [0.29, 0.717) is 6.54 Å². The van der Waals surface area contributed by atoms with Gasteiger partial charge < -0.3 is 10.1 Å². The predicted molar refractivity (Wildman–Crippen MR) is 129 cm³/mol. The number of hydrogen-bond donors (Lipinski definition) is 2. The molecule has 1 heterocycles. The molecule has 4 rings (SSSR count). The van der Waals surface area contributed by atoms with Crippen LogP contribution in [-0.2, 0) is 23.1 Å². The first-order chi connectivity index (χ1) is 16.3. The van der Waals surface area contributed by atoms with Gasteiger partial charge in [0.15, 0.2) is 0 Å². The van der Waals surface area contributed by atoms with E-state index in [-0.39, 0.29) is 22.8 Å². The smallest absolute Gasteiger partial charge is 0.255 e. The molecule has 8 nitrogen and oxygen atoms in total. The number of amides is 1. The van der Waals surface area contributed by atoms with Crippen molar-refractivity contribution >= 4 is 15.9 Å². The third-order valence-electron chi connectivity index (χ3n) is 5.26. The van der Waals surface area contributed by atoms with E-state index in [1.165, 1.54) is 25.3 Å². The zero-order chi connectivity index (χ0) is 24.1. The highest BCUT2D eigenvalue weighted by atomic mass is 32.2. The molecule has 4 aromatic rings. The zero-order valence-electron chi connectivity index (χ0n) is 18.5. The first kappa shape index (κ1) is 23.2. The summed E-state index contributed by atoms with van der Waals surface area (Å²) < 4.78 is 30.5. The Morgan fingerprint density at radius 2 is 1.71 bits per heavy atom. The molecule has 3 N–H and O–H groups in total. The average molecular weight is 477 g/mol. The number of nitrogens with one attached hydrogen (secondary N) is 1. The lowest BCUT2D eigenvalue weighted by Gasteiger charge is -2.11.